The molecular formula is C17H26N4O. The Morgan fingerprint density at radius 1 is 1.18 bits per heavy atom. The van der Waals surface area contributed by atoms with Crippen molar-refractivity contribution >= 4 is 11.8 Å². The molecule has 1 saturated heterocycles. The predicted octanol–water partition coefficient (Wildman–Crippen LogP) is 2.55. The van der Waals surface area contributed by atoms with E-state index in [0.717, 1.165) is 44.8 Å². The molecular weight excluding hydrogens is 276 g/mol. The summed E-state index contributed by atoms with van der Waals surface area (Å²) in [6.07, 6.45) is 7.94. The number of aryl methyl sites for hydroxylation is 1. The van der Waals surface area contributed by atoms with Crippen molar-refractivity contribution in [2.45, 2.75) is 45.1 Å². The molecule has 0 aromatic carbocycles. The number of aromatic nitrogens is 1. The zero-order valence-electron chi connectivity index (χ0n) is 13.4. The number of rotatable bonds is 2. The maximum atomic E-state index is 12.3. The minimum absolute atomic E-state index is 0.115. The van der Waals surface area contributed by atoms with Crippen molar-refractivity contribution in [2.24, 2.45) is 0 Å². The van der Waals surface area contributed by atoms with Gasteiger partial charge in [0.05, 0.1) is 0 Å². The van der Waals surface area contributed by atoms with E-state index < -0.39 is 0 Å². The van der Waals surface area contributed by atoms with Crippen LogP contribution in [0.3, 0.4) is 0 Å². The van der Waals surface area contributed by atoms with E-state index in [-0.39, 0.29) is 6.03 Å². The maximum Gasteiger partial charge on any atom is 0.317 e. The number of nitrogens with zero attached hydrogens (tertiary/aromatic N) is 3. The zero-order valence-corrected chi connectivity index (χ0v) is 13.4. The number of urea groups is 1. The van der Waals surface area contributed by atoms with Crippen molar-refractivity contribution in [3.63, 3.8) is 0 Å². The van der Waals surface area contributed by atoms with Crippen LogP contribution < -0.4 is 10.2 Å². The largest absolute Gasteiger partial charge is 0.353 e. The summed E-state index contributed by atoms with van der Waals surface area (Å²) in [5.41, 5.74) is 1.22. The van der Waals surface area contributed by atoms with Gasteiger partial charge in [0.15, 0.2) is 0 Å². The molecule has 5 heteroatoms. The van der Waals surface area contributed by atoms with Crippen molar-refractivity contribution in [1.29, 1.82) is 0 Å². The van der Waals surface area contributed by atoms with Crippen molar-refractivity contribution in [3.05, 3.63) is 23.9 Å². The molecule has 0 bridgehead atoms. The molecule has 3 rings (SSSR count). The Bertz CT molecular complexity index is 505. The Kier molecular flexibility index (Phi) is 4.80. The van der Waals surface area contributed by atoms with Gasteiger partial charge in [-0.25, -0.2) is 9.78 Å². The van der Waals surface area contributed by atoms with Gasteiger partial charge < -0.3 is 15.1 Å². The Morgan fingerprint density at radius 2 is 1.91 bits per heavy atom. The molecule has 1 aromatic rings. The first kappa shape index (κ1) is 15.1. The lowest BCUT2D eigenvalue weighted by Crippen LogP contribution is -2.53. The number of anilines is 1. The van der Waals surface area contributed by atoms with Crippen LogP contribution in [0, 0.1) is 6.92 Å². The summed E-state index contributed by atoms with van der Waals surface area (Å²) in [5.74, 6) is 1.02. The second kappa shape index (κ2) is 6.99. The Morgan fingerprint density at radius 3 is 2.59 bits per heavy atom. The first-order chi connectivity index (χ1) is 10.7. The van der Waals surface area contributed by atoms with Gasteiger partial charge in [-0.2, -0.15) is 0 Å². The van der Waals surface area contributed by atoms with Crippen LogP contribution >= 0.6 is 0 Å². The van der Waals surface area contributed by atoms with Gasteiger partial charge in [0, 0.05) is 38.4 Å². The molecule has 2 aliphatic rings. The van der Waals surface area contributed by atoms with E-state index in [1.807, 2.05) is 17.2 Å². The van der Waals surface area contributed by atoms with Gasteiger partial charge in [-0.15, -0.1) is 0 Å². The van der Waals surface area contributed by atoms with Gasteiger partial charge in [-0.05, 0) is 37.5 Å². The molecule has 5 nitrogen and oxygen atoms in total. The zero-order chi connectivity index (χ0) is 15.4. The predicted molar refractivity (Wildman–Crippen MR) is 88.2 cm³/mol. The Hall–Kier alpha value is -1.78. The van der Waals surface area contributed by atoms with Crippen LogP contribution in [-0.4, -0.2) is 48.1 Å². The summed E-state index contributed by atoms with van der Waals surface area (Å²) >= 11 is 0. The lowest BCUT2D eigenvalue weighted by atomic mass is 9.96. The SMILES string of the molecule is Cc1ccnc(N2CCN(C(=O)NC3CCCCC3)CC2)c1. The van der Waals surface area contributed by atoms with Gasteiger partial charge in [0.25, 0.3) is 0 Å². The highest BCUT2D eigenvalue weighted by Crippen LogP contribution is 2.18. The molecule has 2 amide bonds. The van der Waals surface area contributed by atoms with E-state index in [0.29, 0.717) is 6.04 Å². The Balaban J connectivity index is 1.49. The van der Waals surface area contributed by atoms with Crippen LogP contribution in [0.1, 0.15) is 37.7 Å². The summed E-state index contributed by atoms with van der Waals surface area (Å²) in [6, 6.07) is 4.62. The molecule has 1 aromatic heterocycles. The number of piperazine rings is 1. The molecule has 1 aliphatic carbocycles. The van der Waals surface area contributed by atoms with Gasteiger partial charge in [-0.1, -0.05) is 19.3 Å². The monoisotopic (exact) mass is 302 g/mol. The van der Waals surface area contributed by atoms with E-state index >= 15 is 0 Å². The average Bonchev–Trinajstić information content (AvgIpc) is 2.56. The smallest absolute Gasteiger partial charge is 0.317 e. The third-order valence-corrected chi connectivity index (χ3v) is 4.72. The molecule has 0 radical (unpaired) electrons. The molecule has 1 aliphatic heterocycles. The van der Waals surface area contributed by atoms with E-state index in [4.69, 9.17) is 0 Å². The fourth-order valence-electron chi connectivity index (χ4n) is 3.34. The van der Waals surface area contributed by atoms with Crippen LogP contribution in [0.15, 0.2) is 18.3 Å². The molecule has 120 valence electrons. The number of carbonyl (C=O) groups excluding carboxylic acids is 1. The van der Waals surface area contributed by atoms with Gasteiger partial charge in [0.2, 0.25) is 0 Å². The van der Waals surface area contributed by atoms with Crippen LogP contribution in [0.2, 0.25) is 0 Å². The van der Waals surface area contributed by atoms with E-state index in [2.05, 4.69) is 28.2 Å². The average molecular weight is 302 g/mol. The van der Waals surface area contributed by atoms with Crippen LogP contribution in [0.5, 0.6) is 0 Å². The number of pyridine rings is 1. The summed E-state index contributed by atoms with van der Waals surface area (Å²) in [6.45, 7) is 5.34. The van der Waals surface area contributed by atoms with E-state index in [9.17, 15) is 4.79 Å². The lowest BCUT2D eigenvalue weighted by molar-refractivity contribution is 0.186. The number of hydrogen-bond acceptors (Lipinski definition) is 3. The highest BCUT2D eigenvalue weighted by molar-refractivity contribution is 5.74. The molecule has 0 spiro atoms. The third-order valence-electron chi connectivity index (χ3n) is 4.72. The number of amides is 2. The fourth-order valence-corrected chi connectivity index (χ4v) is 3.34. The quantitative estimate of drug-likeness (QED) is 0.913. The topological polar surface area (TPSA) is 48.5 Å². The third kappa shape index (κ3) is 3.70. The fraction of sp³-hybridized carbons (Fsp3) is 0.647. The molecule has 1 N–H and O–H groups in total. The van der Waals surface area contributed by atoms with Crippen molar-refractivity contribution < 1.29 is 4.79 Å². The highest BCUT2D eigenvalue weighted by atomic mass is 16.2. The first-order valence-electron chi connectivity index (χ1n) is 8.45. The van der Waals surface area contributed by atoms with Crippen molar-refractivity contribution in [1.82, 2.24) is 15.2 Å². The van der Waals surface area contributed by atoms with Crippen molar-refractivity contribution in [2.75, 3.05) is 31.1 Å². The van der Waals surface area contributed by atoms with Gasteiger partial charge >= 0.3 is 6.03 Å². The van der Waals surface area contributed by atoms with Crippen LogP contribution in [0.4, 0.5) is 10.6 Å². The molecule has 2 fully saturated rings. The van der Waals surface area contributed by atoms with Crippen LogP contribution in [0.25, 0.3) is 0 Å². The normalized spacial score (nSPS) is 20.0. The molecule has 22 heavy (non-hydrogen) atoms. The maximum absolute atomic E-state index is 12.3. The molecule has 0 atom stereocenters. The number of hydrogen-bond donors (Lipinski definition) is 1. The molecule has 0 unspecified atom stereocenters. The number of nitrogens with one attached hydrogen (secondary N) is 1. The lowest BCUT2D eigenvalue weighted by Gasteiger charge is -2.36. The summed E-state index contributed by atoms with van der Waals surface area (Å²) in [5, 5.41) is 3.21. The standard InChI is InChI=1S/C17H26N4O/c1-14-7-8-18-16(13-14)20-9-11-21(12-10-20)17(22)19-15-5-3-2-4-6-15/h7-8,13,15H,2-6,9-12H2,1H3,(H,19,22). The Labute approximate surface area is 132 Å². The van der Waals surface area contributed by atoms with Gasteiger partial charge in [0.1, 0.15) is 5.82 Å². The minimum Gasteiger partial charge on any atom is -0.353 e. The van der Waals surface area contributed by atoms with E-state index in [1.54, 1.807) is 0 Å². The second-order valence-electron chi connectivity index (χ2n) is 6.45. The number of carbonyl (C=O) groups is 1. The highest BCUT2D eigenvalue weighted by Gasteiger charge is 2.24. The summed E-state index contributed by atoms with van der Waals surface area (Å²) in [7, 11) is 0. The second-order valence-corrected chi connectivity index (χ2v) is 6.45. The minimum atomic E-state index is 0.115. The van der Waals surface area contributed by atoms with Crippen LogP contribution in [-0.2, 0) is 0 Å². The summed E-state index contributed by atoms with van der Waals surface area (Å²) < 4.78 is 0. The molecule has 2 heterocycles. The van der Waals surface area contributed by atoms with Gasteiger partial charge in [-0.3, -0.25) is 0 Å². The van der Waals surface area contributed by atoms with Crippen molar-refractivity contribution in [3.8, 4) is 0 Å². The summed E-state index contributed by atoms with van der Waals surface area (Å²) in [4.78, 5) is 21.0. The molecule has 1 saturated carbocycles. The van der Waals surface area contributed by atoms with E-state index in [1.165, 1.54) is 24.8 Å². The first-order valence-corrected chi connectivity index (χ1v) is 8.45.